The van der Waals surface area contributed by atoms with E-state index in [1.54, 1.807) is 6.20 Å². The lowest BCUT2D eigenvalue weighted by atomic mass is 10.6. The van der Waals surface area contributed by atoms with Gasteiger partial charge in [0, 0.05) is 0 Å². The number of aromatic nitrogens is 1. The average molecular weight is 71.1 g/mol. The van der Waals surface area contributed by atoms with Gasteiger partial charge in [-0.25, -0.2) is 5.16 Å². The number of H-pyrrole nitrogens is 1. The van der Waals surface area contributed by atoms with E-state index in [0.717, 1.165) is 5.76 Å². The highest BCUT2D eigenvalue weighted by atomic mass is 16.5. The van der Waals surface area contributed by atoms with Gasteiger partial charge < -0.3 is 4.52 Å². The topological polar surface area (TPSA) is 28.9 Å². The van der Waals surface area contributed by atoms with Crippen molar-refractivity contribution < 1.29 is 4.52 Å². The lowest BCUT2D eigenvalue weighted by molar-refractivity contribution is 0.329. The van der Waals surface area contributed by atoms with Crippen molar-refractivity contribution in [1.82, 2.24) is 5.16 Å². The summed E-state index contributed by atoms with van der Waals surface area (Å²) in [6, 6.07) is 0. The average Bonchev–Trinajstić information content (AvgIpc) is 1.30. The van der Waals surface area contributed by atoms with Crippen LogP contribution >= 0.6 is 0 Å². The van der Waals surface area contributed by atoms with Gasteiger partial charge in [0.1, 0.15) is 5.76 Å². The van der Waals surface area contributed by atoms with Crippen LogP contribution in [-0.2, 0) is 0 Å². The molecule has 0 bridgehead atoms. The van der Waals surface area contributed by atoms with Crippen LogP contribution in [0.2, 0.25) is 0 Å². The Morgan fingerprint density at radius 1 is 2.00 bits per heavy atom. The molecule has 0 saturated heterocycles. The van der Waals surface area contributed by atoms with Gasteiger partial charge in [0.05, 0.1) is 6.20 Å². The third-order valence-corrected chi connectivity index (χ3v) is 0.482. The number of hydrogen-bond acceptors (Lipinski definition) is 1. The number of aryl methyl sites for hydroxylation is 1. The maximum atomic E-state index is 4.54. The van der Waals surface area contributed by atoms with Gasteiger partial charge in [-0.15, -0.1) is 0 Å². The summed E-state index contributed by atoms with van der Waals surface area (Å²) in [6.07, 6.45) is 1.79. The Bertz CT molecular complexity index is 89.1. The molecule has 0 aliphatic heterocycles. The van der Waals surface area contributed by atoms with Crippen molar-refractivity contribution in [3.63, 3.8) is 0 Å². The first-order valence-corrected chi connectivity index (χ1v) is 1.49. The Morgan fingerprint density at radius 2 is 2.40 bits per heavy atom. The van der Waals surface area contributed by atoms with Gasteiger partial charge in [-0.2, -0.15) is 0 Å². The van der Waals surface area contributed by atoms with Crippen LogP contribution in [0.4, 0.5) is 0 Å². The molecule has 28 valence electrons. The zero-order valence-electron chi connectivity index (χ0n) is 2.99. The number of nitrogens with one attached hydrogen (secondary N) is 1. The second-order valence-electron chi connectivity index (χ2n) is 0.975. The van der Waals surface area contributed by atoms with Gasteiger partial charge in [-0.1, -0.05) is 0 Å². The molecule has 2 nitrogen and oxygen atoms in total. The molecule has 5 heavy (non-hydrogen) atoms. The van der Waals surface area contributed by atoms with Gasteiger partial charge in [-0.05, 0) is 6.92 Å². The van der Waals surface area contributed by atoms with E-state index < -0.39 is 0 Å². The van der Waals surface area contributed by atoms with Crippen molar-refractivity contribution in [1.29, 1.82) is 0 Å². The Kier molecular flexibility index (Phi) is 0.330. The molecule has 0 radical (unpaired) electrons. The highest BCUT2D eigenvalue weighted by Gasteiger charge is 1.78. The molecule has 0 spiro atoms. The van der Waals surface area contributed by atoms with Gasteiger partial charge >= 0.3 is 0 Å². The van der Waals surface area contributed by atoms with Crippen LogP contribution in [0.1, 0.15) is 5.76 Å². The van der Waals surface area contributed by atoms with Crippen molar-refractivity contribution in [3.05, 3.63) is 12.0 Å². The van der Waals surface area contributed by atoms with Crippen molar-refractivity contribution >= 4 is 0 Å². The molecule has 1 aromatic heterocycles. The first-order valence-electron chi connectivity index (χ1n) is 1.49. The van der Waals surface area contributed by atoms with E-state index in [-0.39, 0.29) is 0 Å². The SMILES string of the molecule is Cc1c[nH]o1. The van der Waals surface area contributed by atoms with Crippen molar-refractivity contribution in [2.75, 3.05) is 0 Å². The first kappa shape index (κ1) is 2.57. The zero-order chi connectivity index (χ0) is 3.70. The molecule has 0 saturated carbocycles. The van der Waals surface area contributed by atoms with E-state index in [9.17, 15) is 0 Å². The maximum Gasteiger partial charge on any atom is 0.147 e. The summed E-state index contributed by atoms with van der Waals surface area (Å²) in [5.74, 6) is 0.949. The van der Waals surface area contributed by atoms with Crippen LogP contribution in [0.25, 0.3) is 0 Å². The van der Waals surface area contributed by atoms with Crippen LogP contribution < -0.4 is 0 Å². The molecule has 1 aromatic rings. The van der Waals surface area contributed by atoms with Gasteiger partial charge in [0.2, 0.25) is 0 Å². The molecule has 0 unspecified atom stereocenters. The second-order valence-corrected chi connectivity index (χ2v) is 0.975. The van der Waals surface area contributed by atoms with E-state index in [1.165, 1.54) is 0 Å². The number of rotatable bonds is 0. The quantitative estimate of drug-likeness (QED) is 0.484. The molecule has 0 aliphatic rings. The van der Waals surface area contributed by atoms with Gasteiger partial charge in [-0.3, -0.25) is 0 Å². The van der Waals surface area contributed by atoms with E-state index in [2.05, 4.69) is 9.68 Å². The molecule has 0 atom stereocenters. The fraction of sp³-hybridized carbons (Fsp3) is 0.333. The fourth-order valence-corrected chi connectivity index (χ4v) is 0.177. The first-order chi connectivity index (χ1) is 2.39. The Morgan fingerprint density at radius 3 is 2.40 bits per heavy atom. The predicted octanol–water partition coefficient (Wildman–Crippen LogP) is 0.916. The summed E-state index contributed by atoms with van der Waals surface area (Å²) < 4.78 is 4.54. The van der Waals surface area contributed by atoms with Crippen molar-refractivity contribution in [2.45, 2.75) is 6.92 Å². The van der Waals surface area contributed by atoms with E-state index in [4.69, 9.17) is 0 Å². The molecule has 1 rings (SSSR count). The molecule has 1 N–H and O–H groups in total. The number of hydrogen-bond donors (Lipinski definition) is 1. The van der Waals surface area contributed by atoms with E-state index in [1.807, 2.05) is 6.92 Å². The van der Waals surface area contributed by atoms with E-state index in [0.29, 0.717) is 0 Å². The molecular formula is C3H5NO. The van der Waals surface area contributed by atoms with Crippen LogP contribution in [0.3, 0.4) is 0 Å². The van der Waals surface area contributed by atoms with Crippen LogP contribution in [0.5, 0.6) is 0 Å². The highest BCUT2D eigenvalue weighted by molar-refractivity contribution is 4.79. The van der Waals surface area contributed by atoms with Gasteiger partial charge in [0.15, 0.2) is 0 Å². The normalized spacial score (nSPS) is 9.00. The molecule has 0 aliphatic carbocycles. The minimum atomic E-state index is 0.949. The minimum absolute atomic E-state index is 0.949. The summed E-state index contributed by atoms with van der Waals surface area (Å²) in [7, 11) is 0. The summed E-state index contributed by atoms with van der Waals surface area (Å²) in [5.41, 5.74) is 0. The summed E-state index contributed by atoms with van der Waals surface area (Å²) in [4.78, 5) is 0. The fourth-order valence-electron chi connectivity index (χ4n) is 0.177. The Hall–Kier alpha value is -0.660. The van der Waals surface area contributed by atoms with Crippen molar-refractivity contribution in [3.8, 4) is 0 Å². The molecular weight excluding hydrogens is 66.0 g/mol. The smallest absolute Gasteiger partial charge is 0.147 e. The van der Waals surface area contributed by atoms with Crippen LogP contribution in [0, 0.1) is 6.92 Å². The maximum absolute atomic E-state index is 4.54. The molecule has 0 amide bonds. The Labute approximate surface area is 29.8 Å². The van der Waals surface area contributed by atoms with Crippen molar-refractivity contribution in [2.24, 2.45) is 0 Å². The summed E-state index contributed by atoms with van der Waals surface area (Å²) in [6.45, 7) is 1.89. The predicted molar refractivity (Wildman–Crippen MR) is 17.8 cm³/mol. The standard InChI is InChI=1S/C3H5NO/c1-3-2-4-5-3/h2,4H,1H3. The minimum Gasteiger partial charge on any atom is -0.386 e. The highest BCUT2D eigenvalue weighted by Crippen LogP contribution is 1.88. The molecule has 0 fully saturated rings. The summed E-state index contributed by atoms with van der Waals surface area (Å²) >= 11 is 0. The van der Waals surface area contributed by atoms with Gasteiger partial charge in [0.25, 0.3) is 0 Å². The monoisotopic (exact) mass is 71.0 g/mol. The zero-order valence-corrected chi connectivity index (χ0v) is 2.99. The van der Waals surface area contributed by atoms with Crippen LogP contribution in [0.15, 0.2) is 10.7 Å². The third-order valence-electron chi connectivity index (χ3n) is 0.482. The summed E-state index contributed by atoms with van der Waals surface area (Å²) in [5, 5.41) is 2.50. The second kappa shape index (κ2) is 0.641. The molecule has 0 aromatic carbocycles. The third kappa shape index (κ3) is 0.210. The molecule has 2 heteroatoms. The largest absolute Gasteiger partial charge is 0.386 e. The van der Waals surface area contributed by atoms with E-state index >= 15 is 0 Å². The molecule has 1 heterocycles. The lowest BCUT2D eigenvalue weighted by Crippen LogP contribution is -1.76. The number of aromatic amines is 1. The lowest BCUT2D eigenvalue weighted by Gasteiger charge is -1.88. The Balaban J connectivity index is 2.83. The van der Waals surface area contributed by atoms with Crippen LogP contribution in [-0.4, -0.2) is 5.16 Å².